The van der Waals surface area contributed by atoms with Crippen molar-refractivity contribution in [3.8, 4) is 0 Å². The van der Waals surface area contributed by atoms with E-state index in [1.165, 1.54) is 11.3 Å². The minimum Gasteiger partial charge on any atom is -0.378 e. The first-order chi connectivity index (χ1) is 14.1. The van der Waals surface area contributed by atoms with Gasteiger partial charge in [0.15, 0.2) is 5.11 Å². The number of rotatable bonds is 4. The molecule has 0 aliphatic carbocycles. The molecular weight excluding hydrogens is 376 g/mol. The number of hydrogen-bond donors (Lipinski definition) is 1. The van der Waals surface area contributed by atoms with Crippen LogP contribution in [0.5, 0.6) is 0 Å². The Morgan fingerprint density at radius 1 is 0.931 bits per heavy atom. The first-order valence-corrected chi connectivity index (χ1v) is 10.1. The van der Waals surface area contributed by atoms with E-state index in [9.17, 15) is 0 Å². The first-order valence-electron chi connectivity index (χ1n) is 9.67. The van der Waals surface area contributed by atoms with Gasteiger partial charge in [0, 0.05) is 31.9 Å². The third kappa shape index (κ3) is 4.30. The van der Waals surface area contributed by atoms with Gasteiger partial charge in [-0.15, -0.1) is 0 Å². The zero-order chi connectivity index (χ0) is 20.2. The summed E-state index contributed by atoms with van der Waals surface area (Å²) < 4.78 is 0. The average Bonchev–Trinajstić information content (AvgIpc) is 3.21. The van der Waals surface area contributed by atoms with E-state index in [1.807, 2.05) is 67.6 Å². The summed E-state index contributed by atoms with van der Waals surface area (Å²) in [7, 11) is 4.10. The normalized spacial score (nSPS) is 15.7. The zero-order valence-electron chi connectivity index (χ0n) is 16.6. The van der Waals surface area contributed by atoms with Gasteiger partial charge in [-0.25, -0.2) is 5.01 Å². The second-order valence-corrected chi connectivity index (χ2v) is 7.65. The molecule has 0 spiro atoms. The number of hydrazone groups is 1. The number of nitrogens with one attached hydrogen (secondary N) is 1. The molecule has 4 rings (SSSR count). The summed E-state index contributed by atoms with van der Waals surface area (Å²) in [4.78, 5) is 2.10. The van der Waals surface area contributed by atoms with Crippen LogP contribution >= 0.6 is 12.2 Å². The van der Waals surface area contributed by atoms with Gasteiger partial charge in [0.05, 0.1) is 11.8 Å². The summed E-state index contributed by atoms with van der Waals surface area (Å²) in [6, 6.07) is 29.0. The van der Waals surface area contributed by atoms with Crippen molar-refractivity contribution in [2.24, 2.45) is 5.10 Å². The third-order valence-electron chi connectivity index (χ3n) is 5.04. The quantitative estimate of drug-likeness (QED) is 0.602. The molecule has 0 fully saturated rings. The average molecular weight is 401 g/mol. The SMILES string of the molecule is CN(C)c1ccc(C2CC(c3ccccc3)=NN2C(=S)Nc2ccccc2)cc1. The minimum atomic E-state index is 0.0603. The van der Waals surface area contributed by atoms with Crippen molar-refractivity contribution < 1.29 is 0 Å². The van der Waals surface area contributed by atoms with Crippen LogP contribution in [-0.4, -0.2) is 29.9 Å². The van der Waals surface area contributed by atoms with Crippen LogP contribution in [0.3, 0.4) is 0 Å². The van der Waals surface area contributed by atoms with Crippen molar-refractivity contribution in [2.45, 2.75) is 12.5 Å². The number of nitrogens with zero attached hydrogens (tertiary/aromatic N) is 3. The van der Waals surface area contributed by atoms with Crippen molar-refractivity contribution in [3.05, 3.63) is 96.1 Å². The molecule has 4 nitrogen and oxygen atoms in total. The maximum atomic E-state index is 5.74. The molecular formula is C24H24N4S. The van der Waals surface area contributed by atoms with Crippen LogP contribution in [0.25, 0.3) is 0 Å². The minimum absolute atomic E-state index is 0.0603. The maximum absolute atomic E-state index is 5.74. The molecule has 5 heteroatoms. The predicted octanol–water partition coefficient (Wildman–Crippen LogP) is 5.30. The van der Waals surface area contributed by atoms with Gasteiger partial charge in [-0.3, -0.25) is 0 Å². The molecule has 3 aromatic rings. The zero-order valence-corrected chi connectivity index (χ0v) is 17.4. The van der Waals surface area contributed by atoms with Gasteiger partial charge in [-0.1, -0.05) is 60.7 Å². The van der Waals surface area contributed by atoms with Crippen LogP contribution in [0.2, 0.25) is 0 Å². The Labute approximate surface area is 177 Å². The number of thiocarbonyl (C=S) groups is 1. The summed E-state index contributed by atoms with van der Waals surface area (Å²) in [5.41, 5.74) is 5.51. The molecule has 3 aromatic carbocycles. The molecule has 1 heterocycles. The lowest BCUT2D eigenvalue weighted by atomic mass is 9.98. The number of anilines is 2. The van der Waals surface area contributed by atoms with E-state index in [1.54, 1.807) is 0 Å². The summed E-state index contributed by atoms with van der Waals surface area (Å²) in [6.45, 7) is 0. The van der Waals surface area contributed by atoms with Crippen LogP contribution in [0.15, 0.2) is 90.0 Å². The van der Waals surface area contributed by atoms with Crippen LogP contribution < -0.4 is 10.2 Å². The maximum Gasteiger partial charge on any atom is 0.194 e. The van der Waals surface area contributed by atoms with Gasteiger partial charge in [0.25, 0.3) is 0 Å². The second kappa shape index (κ2) is 8.45. The van der Waals surface area contributed by atoms with E-state index in [-0.39, 0.29) is 6.04 Å². The predicted molar refractivity (Wildman–Crippen MR) is 126 cm³/mol. The van der Waals surface area contributed by atoms with E-state index in [4.69, 9.17) is 17.3 Å². The van der Waals surface area contributed by atoms with Gasteiger partial charge in [-0.05, 0) is 47.6 Å². The molecule has 1 unspecified atom stereocenters. The molecule has 1 aliphatic rings. The first kappa shape index (κ1) is 19.2. The highest BCUT2D eigenvalue weighted by atomic mass is 32.1. The van der Waals surface area contributed by atoms with Gasteiger partial charge >= 0.3 is 0 Å². The lowest BCUT2D eigenvalue weighted by Gasteiger charge is -2.25. The van der Waals surface area contributed by atoms with Crippen molar-refractivity contribution in [2.75, 3.05) is 24.3 Å². The Balaban J connectivity index is 1.64. The molecule has 0 saturated carbocycles. The lowest BCUT2D eigenvalue weighted by Crippen LogP contribution is -2.31. The van der Waals surface area contributed by atoms with Crippen molar-refractivity contribution in [3.63, 3.8) is 0 Å². The Kier molecular flexibility index (Phi) is 5.58. The molecule has 1 aliphatic heterocycles. The summed E-state index contributed by atoms with van der Waals surface area (Å²) in [6.07, 6.45) is 0.807. The second-order valence-electron chi connectivity index (χ2n) is 7.26. The third-order valence-corrected chi connectivity index (χ3v) is 5.33. The number of hydrogen-bond acceptors (Lipinski definition) is 3. The van der Waals surface area contributed by atoms with Gasteiger partial charge in [0.1, 0.15) is 0 Å². The topological polar surface area (TPSA) is 30.9 Å². The fourth-order valence-electron chi connectivity index (χ4n) is 3.46. The molecule has 0 saturated heterocycles. The van der Waals surface area contributed by atoms with E-state index in [0.29, 0.717) is 5.11 Å². The molecule has 0 bridgehead atoms. The van der Waals surface area contributed by atoms with E-state index in [0.717, 1.165) is 23.4 Å². The van der Waals surface area contributed by atoms with Crippen LogP contribution in [0, 0.1) is 0 Å². The summed E-state index contributed by atoms with van der Waals surface area (Å²) in [5.74, 6) is 0. The highest BCUT2D eigenvalue weighted by Gasteiger charge is 2.31. The highest BCUT2D eigenvalue weighted by molar-refractivity contribution is 7.80. The molecule has 1 N–H and O–H groups in total. The Morgan fingerprint density at radius 3 is 2.17 bits per heavy atom. The number of benzene rings is 3. The fraction of sp³-hybridized carbons (Fsp3) is 0.167. The monoisotopic (exact) mass is 400 g/mol. The lowest BCUT2D eigenvalue weighted by molar-refractivity contribution is 0.375. The number of para-hydroxylation sites is 1. The highest BCUT2D eigenvalue weighted by Crippen LogP contribution is 2.34. The van der Waals surface area contributed by atoms with Gasteiger partial charge in [0.2, 0.25) is 0 Å². The summed E-state index contributed by atoms with van der Waals surface area (Å²) >= 11 is 5.74. The molecule has 0 aromatic heterocycles. The van der Waals surface area contributed by atoms with Crippen LogP contribution in [-0.2, 0) is 0 Å². The summed E-state index contributed by atoms with van der Waals surface area (Å²) in [5, 5.41) is 10.8. The molecule has 146 valence electrons. The standard InChI is InChI=1S/C24H24N4S/c1-27(2)21-15-13-19(14-16-21)23-17-22(18-9-5-3-6-10-18)26-28(23)24(29)25-20-11-7-4-8-12-20/h3-16,23H,17H2,1-2H3,(H,25,29). The van der Waals surface area contributed by atoms with E-state index >= 15 is 0 Å². The molecule has 1 atom stereocenters. The van der Waals surface area contributed by atoms with Gasteiger partial charge in [-0.2, -0.15) is 5.10 Å². The van der Waals surface area contributed by atoms with E-state index < -0.39 is 0 Å². The molecule has 0 radical (unpaired) electrons. The largest absolute Gasteiger partial charge is 0.378 e. The van der Waals surface area contributed by atoms with E-state index in [2.05, 4.69) is 46.6 Å². The van der Waals surface area contributed by atoms with Crippen molar-refractivity contribution in [1.82, 2.24) is 5.01 Å². The molecule has 0 amide bonds. The Bertz CT molecular complexity index is 998. The van der Waals surface area contributed by atoms with Crippen LogP contribution in [0.1, 0.15) is 23.6 Å². The molecule has 29 heavy (non-hydrogen) atoms. The van der Waals surface area contributed by atoms with Crippen LogP contribution in [0.4, 0.5) is 11.4 Å². The van der Waals surface area contributed by atoms with Crippen molar-refractivity contribution >= 4 is 34.4 Å². The Morgan fingerprint density at radius 2 is 1.55 bits per heavy atom. The fourth-order valence-corrected chi connectivity index (χ4v) is 3.75. The van der Waals surface area contributed by atoms with Gasteiger partial charge < -0.3 is 10.2 Å². The van der Waals surface area contributed by atoms with Crippen molar-refractivity contribution in [1.29, 1.82) is 0 Å². The smallest absolute Gasteiger partial charge is 0.194 e. The Hall–Kier alpha value is -3.18.